The number of aromatic nitrogens is 1. The topological polar surface area (TPSA) is 11.4 Å². The fraction of sp³-hybridized carbons (Fsp3) is 0. The minimum Gasteiger partial charge on any atom is -0.310 e. The molecule has 0 spiro atoms. The molecule has 0 aliphatic carbocycles. The third-order valence-electron chi connectivity index (χ3n) is 13.9. The van der Waals surface area contributed by atoms with Gasteiger partial charge in [-0.1, -0.05) is 194 Å². The van der Waals surface area contributed by atoms with Crippen LogP contribution in [0, 0.1) is 0 Å². The first-order valence-corrected chi connectivity index (χ1v) is 24.3. The van der Waals surface area contributed by atoms with Gasteiger partial charge in [0.1, 0.15) is 0 Å². The third kappa shape index (κ3) is 7.67. The Bertz CT molecular complexity index is 4030. The lowest BCUT2D eigenvalue weighted by Gasteiger charge is -2.28. The molecule has 3 nitrogen and oxygen atoms in total. The van der Waals surface area contributed by atoms with Gasteiger partial charge in [-0.25, -0.2) is 0 Å². The van der Waals surface area contributed by atoms with Crippen LogP contribution in [0.5, 0.6) is 0 Å². The van der Waals surface area contributed by atoms with E-state index in [1.165, 1.54) is 71.2 Å². The van der Waals surface area contributed by atoms with Crippen molar-refractivity contribution in [2.24, 2.45) is 0 Å². The van der Waals surface area contributed by atoms with Crippen molar-refractivity contribution in [3.8, 4) is 39.1 Å². The van der Waals surface area contributed by atoms with Gasteiger partial charge in [0, 0.05) is 50.3 Å². The van der Waals surface area contributed by atoms with Gasteiger partial charge in [-0.3, -0.25) is 0 Å². The number of nitrogens with zero attached hydrogens (tertiary/aromatic N) is 3. The second kappa shape index (κ2) is 17.9. The van der Waals surface area contributed by atoms with E-state index >= 15 is 0 Å². The molecule has 0 fully saturated rings. The molecule has 334 valence electrons. The summed E-state index contributed by atoms with van der Waals surface area (Å²) in [6, 6.07) is 103. The van der Waals surface area contributed by atoms with Crippen LogP contribution in [0.25, 0.3) is 82.4 Å². The van der Waals surface area contributed by atoms with E-state index < -0.39 is 0 Å². The van der Waals surface area contributed by atoms with Crippen molar-refractivity contribution in [1.82, 2.24) is 4.57 Å². The van der Waals surface area contributed by atoms with Crippen LogP contribution in [-0.4, -0.2) is 4.57 Å². The van der Waals surface area contributed by atoms with Crippen LogP contribution in [0.3, 0.4) is 0 Å². The fourth-order valence-electron chi connectivity index (χ4n) is 10.6. The van der Waals surface area contributed by atoms with Crippen molar-refractivity contribution in [2.45, 2.75) is 0 Å². The fourth-order valence-corrected chi connectivity index (χ4v) is 10.6. The minimum absolute atomic E-state index is 1.08. The second-order valence-electron chi connectivity index (χ2n) is 18.1. The van der Waals surface area contributed by atoms with E-state index in [1.807, 2.05) is 0 Å². The standard InChI is InChI=1S/C68H47N3/c1-4-17-48(18-5-1)51-31-36-56(37-32-51)69(58-26-16-23-54(45-58)49-19-6-2-7-20-49)57-38-34-52(35-39-57)61-42-44-67(63-28-13-12-27-62(61)63)70(59-40-33-50-21-10-11-22-53(50)46-59)60-41-43-68-65(47-60)64-29-14-15-30-66(64)71(68)55-24-8-3-9-25-55/h1-47H. The normalized spacial score (nSPS) is 11.4. The van der Waals surface area contributed by atoms with Gasteiger partial charge in [0.15, 0.2) is 0 Å². The Morgan fingerprint density at radius 2 is 0.746 bits per heavy atom. The quantitative estimate of drug-likeness (QED) is 0.135. The summed E-state index contributed by atoms with van der Waals surface area (Å²) in [5.41, 5.74) is 17.2. The maximum absolute atomic E-state index is 2.44. The van der Waals surface area contributed by atoms with Gasteiger partial charge in [0.05, 0.1) is 16.7 Å². The lowest BCUT2D eigenvalue weighted by Crippen LogP contribution is -2.11. The van der Waals surface area contributed by atoms with Crippen molar-refractivity contribution in [3.05, 3.63) is 285 Å². The minimum atomic E-state index is 1.08. The summed E-state index contributed by atoms with van der Waals surface area (Å²) < 4.78 is 2.38. The molecule has 3 heteroatoms. The molecule has 0 unspecified atom stereocenters. The summed E-state index contributed by atoms with van der Waals surface area (Å²) in [5.74, 6) is 0. The molecule has 12 aromatic carbocycles. The van der Waals surface area contributed by atoms with Gasteiger partial charge in [-0.05, 0) is 141 Å². The van der Waals surface area contributed by atoms with E-state index in [0.717, 1.165) is 45.4 Å². The van der Waals surface area contributed by atoms with Crippen LogP contribution in [0.1, 0.15) is 0 Å². The second-order valence-corrected chi connectivity index (χ2v) is 18.1. The average Bonchev–Trinajstić information content (AvgIpc) is 3.78. The number of anilines is 6. The molecule has 1 aromatic heterocycles. The smallest absolute Gasteiger partial charge is 0.0542 e. The van der Waals surface area contributed by atoms with Crippen molar-refractivity contribution in [3.63, 3.8) is 0 Å². The summed E-state index contributed by atoms with van der Waals surface area (Å²) in [4.78, 5) is 4.81. The molecule has 0 atom stereocenters. The number of hydrogen-bond acceptors (Lipinski definition) is 2. The highest BCUT2D eigenvalue weighted by Crippen LogP contribution is 2.46. The highest BCUT2D eigenvalue weighted by Gasteiger charge is 2.21. The lowest BCUT2D eigenvalue weighted by molar-refractivity contribution is 1.18. The zero-order valence-electron chi connectivity index (χ0n) is 39.0. The van der Waals surface area contributed by atoms with E-state index in [-0.39, 0.29) is 0 Å². The Kier molecular flexibility index (Phi) is 10.5. The third-order valence-corrected chi connectivity index (χ3v) is 13.9. The first-order chi connectivity index (χ1) is 35.2. The summed E-state index contributed by atoms with van der Waals surface area (Å²) in [6.07, 6.45) is 0. The average molecular weight is 906 g/mol. The first-order valence-electron chi connectivity index (χ1n) is 24.3. The Balaban J connectivity index is 0.930. The molecule has 0 saturated carbocycles. The van der Waals surface area contributed by atoms with E-state index in [2.05, 4.69) is 299 Å². The van der Waals surface area contributed by atoms with Crippen LogP contribution < -0.4 is 9.80 Å². The molecule has 0 radical (unpaired) electrons. The Hall–Kier alpha value is -9.44. The van der Waals surface area contributed by atoms with Gasteiger partial charge >= 0.3 is 0 Å². The summed E-state index contributed by atoms with van der Waals surface area (Å²) in [6.45, 7) is 0. The van der Waals surface area contributed by atoms with E-state index in [4.69, 9.17) is 0 Å². The number of para-hydroxylation sites is 2. The first kappa shape index (κ1) is 41.7. The summed E-state index contributed by atoms with van der Waals surface area (Å²) >= 11 is 0. The SMILES string of the molecule is c1ccc(-c2ccc(N(c3ccc(-c4ccc(N(c5ccc6ccccc6c5)c5ccc6c(c5)c5ccccc5n6-c5ccccc5)c5ccccc45)cc3)c3cccc(-c4ccccc4)c3)cc2)cc1. The van der Waals surface area contributed by atoms with Gasteiger partial charge in [0.2, 0.25) is 0 Å². The summed E-state index contributed by atoms with van der Waals surface area (Å²) in [7, 11) is 0. The molecule has 0 saturated heterocycles. The molecule has 0 aliphatic heterocycles. The Labute approximate surface area is 414 Å². The molecular weight excluding hydrogens is 859 g/mol. The number of benzene rings is 12. The van der Waals surface area contributed by atoms with Crippen LogP contribution in [0.15, 0.2) is 285 Å². The monoisotopic (exact) mass is 905 g/mol. The van der Waals surface area contributed by atoms with Crippen molar-refractivity contribution in [1.29, 1.82) is 0 Å². The molecule has 1 heterocycles. The number of rotatable bonds is 10. The number of fused-ring (bicyclic) bond motifs is 5. The predicted molar refractivity (Wildman–Crippen MR) is 301 cm³/mol. The van der Waals surface area contributed by atoms with E-state index in [0.29, 0.717) is 0 Å². The van der Waals surface area contributed by atoms with Crippen LogP contribution >= 0.6 is 0 Å². The van der Waals surface area contributed by atoms with Gasteiger partial charge in [0.25, 0.3) is 0 Å². The van der Waals surface area contributed by atoms with Crippen LogP contribution in [0.2, 0.25) is 0 Å². The van der Waals surface area contributed by atoms with Crippen LogP contribution in [0.4, 0.5) is 34.1 Å². The molecule has 0 amide bonds. The lowest BCUT2D eigenvalue weighted by atomic mass is 9.95. The molecule has 0 aliphatic rings. The number of hydrogen-bond donors (Lipinski definition) is 0. The van der Waals surface area contributed by atoms with Gasteiger partial charge in [-0.15, -0.1) is 0 Å². The van der Waals surface area contributed by atoms with Crippen molar-refractivity contribution < 1.29 is 0 Å². The Morgan fingerprint density at radius 1 is 0.239 bits per heavy atom. The Morgan fingerprint density at radius 3 is 1.48 bits per heavy atom. The van der Waals surface area contributed by atoms with E-state index in [1.54, 1.807) is 0 Å². The zero-order chi connectivity index (χ0) is 47.1. The highest BCUT2D eigenvalue weighted by molar-refractivity contribution is 6.12. The van der Waals surface area contributed by atoms with Gasteiger partial charge in [-0.2, -0.15) is 0 Å². The molecule has 13 aromatic rings. The molecule has 71 heavy (non-hydrogen) atoms. The molecule has 13 rings (SSSR count). The molecule has 0 bridgehead atoms. The van der Waals surface area contributed by atoms with Crippen molar-refractivity contribution >= 4 is 77.5 Å². The highest BCUT2D eigenvalue weighted by atomic mass is 15.1. The predicted octanol–water partition coefficient (Wildman–Crippen LogP) is 19.0. The molecular formula is C68H47N3. The van der Waals surface area contributed by atoms with Crippen molar-refractivity contribution in [2.75, 3.05) is 9.80 Å². The maximum Gasteiger partial charge on any atom is 0.0542 e. The van der Waals surface area contributed by atoms with Crippen LogP contribution in [-0.2, 0) is 0 Å². The van der Waals surface area contributed by atoms with Gasteiger partial charge < -0.3 is 14.4 Å². The zero-order valence-corrected chi connectivity index (χ0v) is 39.0. The largest absolute Gasteiger partial charge is 0.310 e. The maximum atomic E-state index is 2.44. The summed E-state index contributed by atoms with van der Waals surface area (Å²) in [5, 5.41) is 7.21. The van der Waals surface area contributed by atoms with E-state index in [9.17, 15) is 0 Å². The molecule has 0 N–H and O–H groups in total.